The Morgan fingerprint density at radius 3 is 2.62 bits per heavy atom. The average molecular weight is 172 g/mol. The SMILES string of the molecule is C/C=C(/C)N=C=Nc1ccccc1. The van der Waals surface area contributed by atoms with E-state index in [4.69, 9.17) is 0 Å². The molecule has 2 nitrogen and oxygen atoms in total. The summed E-state index contributed by atoms with van der Waals surface area (Å²) in [4.78, 5) is 8.02. The zero-order chi connectivity index (χ0) is 9.52. The van der Waals surface area contributed by atoms with E-state index in [0.29, 0.717) is 0 Å². The second-order valence-electron chi connectivity index (χ2n) is 2.59. The molecule has 0 spiro atoms. The minimum absolute atomic E-state index is 0.871. The van der Waals surface area contributed by atoms with Gasteiger partial charge in [-0.25, -0.2) is 0 Å². The van der Waals surface area contributed by atoms with Crippen LogP contribution < -0.4 is 0 Å². The minimum atomic E-state index is 0.871. The van der Waals surface area contributed by atoms with Gasteiger partial charge in [-0.2, -0.15) is 9.98 Å². The van der Waals surface area contributed by atoms with Crippen LogP contribution in [-0.2, 0) is 0 Å². The smallest absolute Gasteiger partial charge is 0.100 e. The molecule has 0 saturated heterocycles. The second kappa shape index (κ2) is 5.07. The highest BCUT2D eigenvalue weighted by molar-refractivity contribution is 5.53. The van der Waals surface area contributed by atoms with E-state index in [-0.39, 0.29) is 0 Å². The topological polar surface area (TPSA) is 24.7 Å². The van der Waals surface area contributed by atoms with Crippen molar-refractivity contribution in [2.75, 3.05) is 0 Å². The maximum Gasteiger partial charge on any atom is 0.100 e. The zero-order valence-electron chi connectivity index (χ0n) is 7.86. The van der Waals surface area contributed by atoms with Crippen LogP contribution in [0.1, 0.15) is 13.8 Å². The Kier molecular flexibility index (Phi) is 3.68. The van der Waals surface area contributed by atoms with Gasteiger partial charge in [-0.3, -0.25) is 0 Å². The molecule has 0 N–H and O–H groups in total. The first kappa shape index (κ1) is 9.43. The van der Waals surface area contributed by atoms with E-state index in [1.807, 2.05) is 50.3 Å². The van der Waals surface area contributed by atoms with Crippen LogP contribution in [0.5, 0.6) is 0 Å². The maximum atomic E-state index is 4.04. The molecule has 0 heterocycles. The molecule has 0 radical (unpaired) electrons. The van der Waals surface area contributed by atoms with Crippen molar-refractivity contribution >= 4 is 11.7 Å². The van der Waals surface area contributed by atoms with E-state index in [2.05, 4.69) is 16.0 Å². The Balaban J connectivity index is 2.75. The predicted molar refractivity (Wildman–Crippen MR) is 55.4 cm³/mol. The number of aliphatic imine (C=N–C) groups is 2. The number of hydrogen-bond acceptors (Lipinski definition) is 2. The lowest BCUT2D eigenvalue weighted by molar-refractivity contribution is 1.29. The van der Waals surface area contributed by atoms with E-state index < -0.39 is 0 Å². The minimum Gasteiger partial charge on any atom is -0.193 e. The fraction of sp³-hybridized carbons (Fsp3) is 0.182. The van der Waals surface area contributed by atoms with E-state index in [1.165, 1.54) is 0 Å². The molecule has 0 atom stereocenters. The molecule has 2 heteroatoms. The highest BCUT2D eigenvalue weighted by Gasteiger charge is 1.81. The number of allylic oxidation sites excluding steroid dienone is 2. The van der Waals surface area contributed by atoms with Crippen LogP contribution >= 0.6 is 0 Å². The summed E-state index contributed by atoms with van der Waals surface area (Å²) in [5.41, 5.74) is 1.79. The fourth-order valence-electron chi connectivity index (χ4n) is 0.729. The Morgan fingerprint density at radius 2 is 2.00 bits per heavy atom. The van der Waals surface area contributed by atoms with Crippen LogP contribution in [0.25, 0.3) is 0 Å². The van der Waals surface area contributed by atoms with E-state index in [0.717, 1.165) is 11.4 Å². The molecule has 0 fully saturated rings. The van der Waals surface area contributed by atoms with Gasteiger partial charge in [0.15, 0.2) is 0 Å². The summed E-state index contributed by atoms with van der Waals surface area (Å²) in [6.07, 6.45) is 1.91. The zero-order valence-corrected chi connectivity index (χ0v) is 7.86. The van der Waals surface area contributed by atoms with Crippen LogP contribution in [0.15, 0.2) is 52.1 Å². The molecule has 66 valence electrons. The Hall–Kier alpha value is -1.66. The van der Waals surface area contributed by atoms with Crippen LogP contribution in [0, 0.1) is 0 Å². The summed E-state index contributed by atoms with van der Waals surface area (Å²) >= 11 is 0. The molecule has 1 aromatic rings. The average Bonchev–Trinajstić information content (AvgIpc) is 2.19. The first-order valence-corrected chi connectivity index (χ1v) is 4.17. The number of benzene rings is 1. The summed E-state index contributed by atoms with van der Waals surface area (Å²) in [5, 5.41) is 0. The highest BCUT2D eigenvalue weighted by atomic mass is 14.8. The van der Waals surface area contributed by atoms with Crippen molar-refractivity contribution in [3.63, 3.8) is 0 Å². The van der Waals surface area contributed by atoms with Gasteiger partial charge in [0.1, 0.15) is 6.01 Å². The lowest BCUT2D eigenvalue weighted by Gasteiger charge is -1.86. The van der Waals surface area contributed by atoms with Crippen LogP contribution in [0.2, 0.25) is 0 Å². The highest BCUT2D eigenvalue weighted by Crippen LogP contribution is 2.07. The van der Waals surface area contributed by atoms with Crippen LogP contribution in [-0.4, -0.2) is 6.01 Å². The molecule has 0 aliphatic carbocycles. The van der Waals surface area contributed by atoms with Crippen molar-refractivity contribution < 1.29 is 0 Å². The second-order valence-corrected chi connectivity index (χ2v) is 2.59. The van der Waals surface area contributed by atoms with Crippen LogP contribution in [0.3, 0.4) is 0 Å². The van der Waals surface area contributed by atoms with Gasteiger partial charge in [0.05, 0.1) is 5.69 Å². The molecule has 0 saturated carbocycles. The molecule has 0 amide bonds. The van der Waals surface area contributed by atoms with Crippen molar-refractivity contribution in [2.24, 2.45) is 9.98 Å². The first-order valence-electron chi connectivity index (χ1n) is 4.17. The van der Waals surface area contributed by atoms with Gasteiger partial charge >= 0.3 is 0 Å². The Labute approximate surface area is 78.4 Å². The third-order valence-electron chi connectivity index (χ3n) is 1.58. The van der Waals surface area contributed by atoms with Crippen molar-refractivity contribution in [1.29, 1.82) is 0 Å². The molecule has 0 aliphatic heterocycles. The van der Waals surface area contributed by atoms with Crippen molar-refractivity contribution in [1.82, 2.24) is 0 Å². The van der Waals surface area contributed by atoms with Gasteiger partial charge in [-0.05, 0) is 26.0 Å². The number of nitrogens with zero attached hydrogens (tertiary/aromatic N) is 2. The molecular formula is C11H12N2. The van der Waals surface area contributed by atoms with Crippen molar-refractivity contribution in [3.05, 3.63) is 42.1 Å². The summed E-state index contributed by atoms with van der Waals surface area (Å²) in [5.74, 6) is 0. The molecule has 0 unspecified atom stereocenters. The third-order valence-corrected chi connectivity index (χ3v) is 1.58. The lowest BCUT2D eigenvalue weighted by Crippen LogP contribution is -1.65. The van der Waals surface area contributed by atoms with E-state index in [1.54, 1.807) is 0 Å². The summed E-state index contributed by atoms with van der Waals surface area (Å²) in [6.45, 7) is 3.84. The van der Waals surface area contributed by atoms with Gasteiger partial charge in [0, 0.05) is 5.70 Å². The van der Waals surface area contributed by atoms with Gasteiger partial charge in [-0.15, -0.1) is 0 Å². The number of hydrogen-bond donors (Lipinski definition) is 0. The normalized spacial score (nSPS) is 10.5. The van der Waals surface area contributed by atoms with E-state index in [9.17, 15) is 0 Å². The fourth-order valence-corrected chi connectivity index (χ4v) is 0.729. The van der Waals surface area contributed by atoms with Gasteiger partial charge in [-0.1, -0.05) is 24.3 Å². The number of para-hydroxylation sites is 1. The predicted octanol–water partition coefficient (Wildman–Crippen LogP) is 3.42. The lowest BCUT2D eigenvalue weighted by atomic mass is 10.3. The molecule has 1 aromatic carbocycles. The largest absolute Gasteiger partial charge is 0.193 e. The van der Waals surface area contributed by atoms with Gasteiger partial charge in [0.25, 0.3) is 0 Å². The molecule has 0 aromatic heterocycles. The Bertz CT molecular complexity index is 344. The molecular weight excluding hydrogens is 160 g/mol. The summed E-state index contributed by atoms with van der Waals surface area (Å²) in [7, 11) is 0. The molecule has 0 aliphatic rings. The first-order chi connectivity index (χ1) is 6.33. The summed E-state index contributed by atoms with van der Waals surface area (Å²) in [6, 6.07) is 12.3. The monoisotopic (exact) mass is 172 g/mol. The maximum absolute atomic E-state index is 4.04. The molecule has 0 bridgehead atoms. The van der Waals surface area contributed by atoms with Crippen molar-refractivity contribution in [3.8, 4) is 0 Å². The van der Waals surface area contributed by atoms with Gasteiger partial charge < -0.3 is 0 Å². The Morgan fingerprint density at radius 1 is 1.31 bits per heavy atom. The quantitative estimate of drug-likeness (QED) is 0.611. The van der Waals surface area contributed by atoms with Crippen LogP contribution in [0.4, 0.5) is 5.69 Å². The third kappa shape index (κ3) is 3.50. The standard InChI is InChI=1S/C11H12N2/c1-3-10(2)12-9-13-11-7-5-4-6-8-11/h3-8H,1-2H3/b10-3-. The van der Waals surface area contributed by atoms with Crippen molar-refractivity contribution in [2.45, 2.75) is 13.8 Å². The molecule has 1 rings (SSSR count). The summed E-state index contributed by atoms with van der Waals surface area (Å²) < 4.78 is 0. The molecule has 13 heavy (non-hydrogen) atoms. The van der Waals surface area contributed by atoms with Gasteiger partial charge in [0.2, 0.25) is 0 Å². The van der Waals surface area contributed by atoms with E-state index >= 15 is 0 Å². The number of rotatable bonds is 2.